The van der Waals surface area contributed by atoms with Gasteiger partial charge in [-0.3, -0.25) is 0 Å². The Hall–Kier alpha value is -3.72. The predicted molar refractivity (Wildman–Crippen MR) is 114 cm³/mol. The number of pyridine rings is 1. The summed E-state index contributed by atoms with van der Waals surface area (Å²) in [4.78, 5) is 29.0. The number of benzene rings is 2. The van der Waals surface area contributed by atoms with Crippen molar-refractivity contribution in [1.29, 1.82) is 0 Å². The molecule has 31 heavy (non-hydrogen) atoms. The first-order valence-corrected chi connectivity index (χ1v) is 10.7. The third-order valence-corrected chi connectivity index (χ3v) is 6.71. The van der Waals surface area contributed by atoms with Crippen molar-refractivity contribution in [2.75, 3.05) is 14.2 Å². The summed E-state index contributed by atoms with van der Waals surface area (Å²) in [6, 6.07) is 12.5. The lowest BCUT2D eigenvalue weighted by atomic mass is 10.0. The van der Waals surface area contributed by atoms with Gasteiger partial charge in [-0.05, 0) is 43.3 Å². The van der Waals surface area contributed by atoms with Gasteiger partial charge >= 0.3 is 11.9 Å². The second-order valence-electron chi connectivity index (χ2n) is 6.86. The Morgan fingerprint density at radius 1 is 0.903 bits per heavy atom. The zero-order chi connectivity index (χ0) is 22.3. The molecule has 4 rings (SSSR count). The Morgan fingerprint density at radius 2 is 1.52 bits per heavy atom. The van der Waals surface area contributed by atoms with Crippen molar-refractivity contribution in [1.82, 2.24) is 8.96 Å². The van der Waals surface area contributed by atoms with Gasteiger partial charge in [-0.15, -0.1) is 0 Å². The lowest BCUT2D eigenvalue weighted by molar-refractivity contribution is 0.0555. The highest BCUT2D eigenvalue weighted by molar-refractivity contribution is 7.90. The summed E-state index contributed by atoms with van der Waals surface area (Å²) in [6.45, 7) is 1.86. The molecule has 0 bridgehead atoms. The highest BCUT2D eigenvalue weighted by atomic mass is 32.2. The van der Waals surface area contributed by atoms with Gasteiger partial charge in [0.1, 0.15) is 0 Å². The summed E-state index contributed by atoms with van der Waals surface area (Å²) >= 11 is 0. The number of aromatic nitrogens is 2. The number of carbonyl (C=O) groups excluding carboxylic acids is 2. The Kier molecular flexibility index (Phi) is 4.98. The van der Waals surface area contributed by atoms with E-state index in [4.69, 9.17) is 9.47 Å². The van der Waals surface area contributed by atoms with E-state index in [-0.39, 0.29) is 27.2 Å². The molecule has 2 aromatic heterocycles. The maximum absolute atomic E-state index is 13.6. The lowest BCUT2D eigenvalue weighted by Gasteiger charge is -2.11. The van der Waals surface area contributed by atoms with Gasteiger partial charge in [-0.1, -0.05) is 17.7 Å². The summed E-state index contributed by atoms with van der Waals surface area (Å²) in [5.41, 5.74) is 1.15. The average molecular weight is 438 g/mol. The molecule has 0 N–H and O–H groups in total. The zero-order valence-corrected chi connectivity index (χ0v) is 17.8. The molecule has 0 amide bonds. The van der Waals surface area contributed by atoms with Crippen molar-refractivity contribution < 1.29 is 27.5 Å². The third-order valence-electron chi connectivity index (χ3n) is 4.99. The minimum atomic E-state index is -4.07. The number of nitrogens with zero attached hydrogens (tertiary/aromatic N) is 2. The predicted octanol–water partition coefficient (Wildman–Crippen LogP) is 3.31. The first kappa shape index (κ1) is 20.5. The van der Waals surface area contributed by atoms with E-state index in [2.05, 4.69) is 4.98 Å². The number of hydrogen-bond donors (Lipinski definition) is 0. The number of fused-ring (bicyclic) bond motifs is 3. The molecule has 0 radical (unpaired) electrons. The van der Waals surface area contributed by atoms with Crippen LogP contribution in [0.1, 0.15) is 26.3 Å². The fourth-order valence-corrected chi connectivity index (χ4v) is 4.95. The molecule has 0 unspecified atom stereocenters. The summed E-state index contributed by atoms with van der Waals surface area (Å²) in [5.74, 6) is -1.53. The molecule has 0 aliphatic heterocycles. The molecule has 0 saturated heterocycles. The van der Waals surface area contributed by atoms with Crippen LogP contribution in [-0.2, 0) is 19.5 Å². The first-order chi connectivity index (χ1) is 14.8. The van der Waals surface area contributed by atoms with Gasteiger partial charge in [0.05, 0.1) is 35.8 Å². The number of ether oxygens (including phenoxy) is 2. The molecule has 158 valence electrons. The van der Waals surface area contributed by atoms with Crippen LogP contribution in [0.3, 0.4) is 0 Å². The van der Waals surface area contributed by atoms with Gasteiger partial charge in [0.25, 0.3) is 10.0 Å². The molecule has 0 atom stereocenters. The molecule has 0 saturated carbocycles. The van der Waals surface area contributed by atoms with Gasteiger partial charge in [0, 0.05) is 17.0 Å². The summed E-state index contributed by atoms with van der Waals surface area (Å²) in [6.07, 6.45) is 1.48. The van der Waals surface area contributed by atoms with Crippen molar-refractivity contribution in [3.8, 4) is 0 Å². The van der Waals surface area contributed by atoms with Crippen LogP contribution in [0, 0.1) is 6.92 Å². The standard InChI is InChI=1S/C22H18N2O6S/c1-13-6-8-14(9-7-13)31(27,28)24-19-12-18(22(26)30-3)17(21(25)29-2)11-16(19)15-5-4-10-23-20(15)24/h4-12H,1-3H3. The topological polar surface area (TPSA) is 105 Å². The fraction of sp³-hybridized carbons (Fsp3) is 0.136. The smallest absolute Gasteiger partial charge is 0.338 e. The monoisotopic (exact) mass is 438 g/mol. The molecule has 0 aliphatic rings. The van der Waals surface area contributed by atoms with Crippen molar-refractivity contribution in [3.63, 3.8) is 0 Å². The number of esters is 2. The fourth-order valence-electron chi connectivity index (χ4n) is 3.47. The number of aryl methyl sites for hydroxylation is 1. The maximum atomic E-state index is 13.6. The minimum Gasteiger partial charge on any atom is -0.465 e. The molecule has 0 aliphatic carbocycles. The molecule has 2 aromatic carbocycles. The van der Waals surface area contributed by atoms with Crippen LogP contribution in [0.5, 0.6) is 0 Å². The molecule has 2 heterocycles. The van der Waals surface area contributed by atoms with Crippen LogP contribution < -0.4 is 0 Å². The molecule has 9 heteroatoms. The normalized spacial score (nSPS) is 11.6. The van der Waals surface area contributed by atoms with Crippen molar-refractivity contribution in [2.24, 2.45) is 0 Å². The van der Waals surface area contributed by atoms with Crippen LogP contribution in [-0.4, -0.2) is 43.5 Å². The summed E-state index contributed by atoms with van der Waals surface area (Å²) < 4.78 is 37.8. The Labute approximate surface area is 178 Å². The highest BCUT2D eigenvalue weighted by Crippen LogP contribution is 2.34. The summed E-state index contributed by atoms with van der Waals surface area (Å²) in [5, 5.41) is 0.946. The number of hydrogen-bond acceptors (Lipinski definition) is 7. The second kappa shape index (κ2) is 7.51. The number of methoxy groups -OCH3 is 2. The van der Waals surface area contributed by atoms with E-state index < -0.39 is 22.0 Å². The SMILES string of the molecule is COC(=O)c1cc2c3cccnc3n(S(=O)(=O)c3ccc(C)cc3)c2cc1C(=O)OC. The number of rotatable bonds is 4. The van der Waals surface area contributed by atoms with E-state index >= 15 is 0 Å². The van der Waals surface area contributed by atoms with E-state index in [0.29, 0.717) is 10.8 Å². The number of carbonyl (C=O) groups is 2. The van der Waals surface area contributed by atoms with Gasteiger partial charge in [0.2, 0.25) is 0 Å². The highest BCUT2D eigenvalue weighted by Gasteiger charge is 2.28. The Balaban J connectivity index is 2.15. The van der Waals surface area contributed by atoms with Gasteiger partial charge in [-0.25, -0.2) is 27.0 Å². The van der Waals surface area contributed by atoms with Crippen LogP contribution in [0.15, 0.2) is 59.6 Å². The molecular formula is C22H18N2O6S. The van der Waals surface area contributed by atoms with Crippen molar-refractivity contribution in [2.45, 2.75) is 11.8 Å². The average Bonchev–Trinajstić information content (AvgIpc) is 3.11. The molecule has 0 spiro atoms. The van der Waals surface area contributed by atoms with Crippen LogP contribution in [0.2, 0.25) is 0 Å². The minimum absolute atomic E-state index is 0.0301. The van der Waals surface area contributed by atoms with Crippen LogP contribution >= 0.6 is 0 Å². The van der Waals surface area contributed by atoms with Gasteiger partial charge < -0.3 is 9.47 Å². The van der Waals surface area contributed by atoms with Crippen molar-refractivity contribution in [3.05, 3.63) is 71.4 Å². The molecule has 8 nitrogen and oxygen atoms in total. The zero-order valence-electron chi connectivity index (χ0n) is 16.9. The first-order valence-electron chi connectivity index (χ1n) is 9.21. The second-order valence-corrected chi connectivity index (χ2v) is 8.64. The quantitative estimate of drug-likeness (QED) is 0.450. The van der Waals surface area contributed by atoms with Crippen molar-refractivity contribution >= 4 is 43.9 Å². The van der Waals surface area contributed by atoms with Gasteiger partial charge in [-0.2, -0.15) is 0 Å². The maximum Gasteiger partial charge on any atom is 0.338 e. The van der Waals surface area contributed by atoms with Crippen LogP contribution in [0.4, 0.5) is 0 Å². The molecule has 4 aromatic rings. The van der Waals surface area contributed by atoms with E-state index in [1.807, 2.05) is 6.92 Å². The summed E-state index contributed by atoms with van der Waals surface area (Å²) in [7, 11) is -1.70. The van der Waals surface area contributed by atoms with E-state index in [1.165, 1.54) is 44.7 Å². The Morgan fingerprint density at radius 3 is 2.13 bits per heavy atom. The van der Waals surface area contributed by atoms with E-state index in [0.717, 1.165) is 9.54 Å². The molecular weight excluding hydrogens is 420 g/mol. The third kappa shape index (κ3) is 3.23. The van der Waals surface area contributed by atoms with E-state index in [1.54, 1.807) is 24.3 Å². The van der Waals surface area contributed by atoms with Crippen LogP contribution in [0.25, 0.3) is 21.9 Å². The molecule has 0 fully saturated rings. The van der Waals surface area contributed by atoms with E-state index in [9.17, 15) is 18.0 Å². The van der Waals surface area contributed by atoms with Gasteiger partial charge in [0.15, 0.2) is 5.65 Å². The largest absolute Gasteiger partial charge is 0.465 e. The Bertz CT molecular complexity index is 1450. The lowest BCUT2D eigenvalue weighted by Crippen LogP contribution is -2.15.